The molecule has 1 amide bonds. The van der Waals surface area contributed by atoms with Crippen molar-refractivity contribution in [2.24, 2.45) is 4.99 Å². The number of likely N-dealkylation sites (N-methyl/N-ethyl adjacent to an activating group) is 1. The molecule has 1 aliphatic rings. The van der Waals surface area contributed by atoms with Gasteiger partial charge >= 0.3 is 0 Å². The summed E-state index contributed by atoms with van der Waals surface area (Å²) < 4.78 is 6.02. The molecule has 3 aromatic carbocycles. The van der Waals surface area contributed by atoms with E-state index in [1.807, 2.05) is 62.4 Å². The maximum absolute atomic E-state index is 13.2. The van der Waals surface area contributed by atoms with Crippen molar-refractivity contribution >= 4 is 45.4 Å². The Labute approximate surface area is 187 Å². The molecule has 5 heteroatoms. The standard InChI is InChI=1S/C26H26N2O2S/c1-4-16-30-23-15-12-19-8-6-7-9-21(19)22(23)17-24-25(29)28(5-2)26(31-24)27-20-13-10-18(3)11-14-20/h6-15,17H,4-5,16H2,1-3H3/b24-17-,27-26?. The lowest BCUT2D eigenvalue weighted by Gasteiger charge is -2.13. The second-order valence-corrected chi connectivity index (χ2v) is 8.45. The molecule has 158 valence electrons. The minimum absolute atomic E-state index is 0.0206. The minimum atomic E-state index is -0.0206. The number of carbonyl (C=O) groups excluding carboxylic acids is 1. The lowest BCUT2D eigenvalue weighted by molar-refractivity contribution is -0.122. The summed E-state index contributed by atoms with van der Waals surface area (Å²) in [4.78, 5) is 20.3. The van der Waals surface area contributed by atoms with Gasteiger partial charge in [-0.25, -0.2) is 4.99 Å². The molecule has 1 heterocycles. The van der Waals surface area contributed by atoms with Crippen LogP contribution >= 0.6 is 11.8 Å². The van der Waals surface area contributed by atoms with Gasteiger partial charge < -0.3 is 4.74 Å². The van der Waals surface area contributed by atoms with Crippen LogP contribution in [0.15, 0.2) is 70.6 Å². The summed E-state index contributed by atoms with van der Waals surface area (Å²) in [6.07, 6.45) is 2.88. The number of hydrogen-bond donors (Lipinski definition) is 0. The topological polar surface area (TPSA) is 41.9 Å². The lowest BCUT2D eigenvalue weighted by Crippen LogP contribution is -2.28. The molecule has 1 saturated heterocycles. The summed E-state index contributed by atoms with van der Waals surface area (Å²) in [5.41, 5.74) is 2.97. The Kier molecular flexibility index (Phi) is 6.42. The number of hydrogen-bond acceptors (Lipinski definition) is 4. The third kappa shape index (κ3) is 4.52. The number of aliphatic imine (C=N–C) groups is 1. The first-order chi connectivity index (χ1) is 15.1. The van der Waals surface area contributed by atoms with Crippen molar-refractivity contribution in [3.8, 4) is 5.75 Å². The highest BCUT2D eigenvalue weighted by atomic mass is 32.2. The number of carbonyl (C=O) groups is 1. The number of thioether (sulfide) groups is 1. The average Bonchev–Trinajstić information content (AvgIpc) is 3.08. The van der Waals surface area contributed by atoms with Gasteiger partial charge in [-0.15, -0.1) is 0 Å². The van der Waals surface area contributed by atoms with Gasteiger partial charge in [0.15, 0.2) is 5.17 Å². The molecule has 0 bridgehead atoms. The van der Waals surface area contributed by atoms with Gasteiger partial charge in [0.1, 0.15) is 5.75 Å². The van der Waals surface area contributed by atoms with Crippen molar-refractivity contribution in [2.75, 3.05) is 13.2 Å². The molecule has 31 heavy (non-hydrogen) atoms. The second-order valence-electron chi connectivity index (χ2n) is 7.44. The van der Waals surface area contributed by atoms with Gasteiger partial charge in [-0.2, -0.15) is 0 Å². The molecule has 0 atom stereocenters. The van der Waals surface area contributed by atoms with E-state index in [0.29, 0.717) is 23.2 Å². The number of fused-ring (bicyclic) bond motifs is 1. The summed E-state index contributed by atoms with van der Waals surface area (Å²) >= 11 is 1.42. The molecule has 0 radical (unpaired) electrons. The van der Waals surface area contributed by atoms with Crippen molar-refractivity contribution in [3.05, 3.63) is 76.7 Å². The van der Waals surface area contributed by atoms with E-state index >= 15 is 0 Å². The van der Waals surface area contributed by atoms with E-state index in [1.165, 1.54) is 17.3 Å². The quantitative estimate of drug-likeness (QED) is 0.416. The minimum Gasteiger partial charge on any atom is -0.493 e. The van der Waals surface area contributed by atoms with Crippen LogP contribution in [0, 0.1) is 6.92 Å². The molecule has 3 aromatic rings. The Balaban J connectivity index is 1.77. The molecule has 0 N–H and O–H groups in total. The van der Waals surface area contributed by atoms with Crippen molar-refractivity contribution in [1.82, 2.24) is 4.90 Å². The first-order valence-corrected chi connectivity index (χ1v) is 11.4. The summed E-state index contributed by atoms with van der Waals surface area (Å²) in [6, 6.07) is 20.3. The predicted molar refractivity (Wildman–Crippen MR) is 131 cm³/mol. The van der Waals surface area contributed by atoms with Crippen LogP contribution < -0.4 is 4.74 Å². The summed E-state index contributed by atoms with van der Waals surface area (Å²) in [6.45, 7) is 7.31. The van der Waals surface area contributed by atoms with Crippen molar-refractivity contribution in [2.45, 2.75) is 27.2 Å². The number of nitrogens with zero attached hydrogens (tertiary/aromatic N) is 2. The van der Waals surface area contributed by atoms with Crippen LogP contribution in [0.3, 0.4) is 0 Å². The molecule has 1 aliphatic heterocycles. The molecule has 0 spiro atoms. The smallest absolute Gasteiger partial charge is 0.266 e. The fraction of sp³-hybridized carbons (Fsp3) is 0.231. The Hall–Kier alpha value is -3.05. The van der Waals surface area contributed by atoms with Crippen molar-refractivity contribution in [3.63, 3.8) is 0 Å². The highest BCUT2D eigenvalue weighted by Crippen LogP contribution is 2.37. The zero-order chi connectivity index (χ0) is 21.8. The van der Waals surface area contributed by atoms with Crippen molar-refractivity contribution in [1.29, 1.82) is 0 Å². The zero-order valence-electron chi connectivity index (χ0n) is 18.1. The molecular weight excluding hydrogens is 404 g/mol. The van der Waals surface area contributed by atoms with Gasteiger partial charge in [-0.3, -0.25) is 9.69 Å². The van der Waals surface area contributed by atoms with E-state index in [-0.39, 0.29) is 5.91 Å². The highest BCUT2D eigenvalue weighted by molar-refractivity contribution is 8.18. The SMILES string of the molecule is CCCOc1ccc2ccccc2c1/C=C1\SC(=Nc2ccc(C)cc2)N(CC)C1=O. The van der Waals surface area contributed by atoms with Crippen LogP contribution in [0.5, 0.6) is 5.75 Å². The van der Waals surface area contributed by atoms with E-state index in [9.17, 15) is 4.79 Å². The van der Waals surface area contributed by atoms with Gasteiger partial charge in [-0.05, 0) is 67.1 Å². The van der Waals surface area contributed by atoms with E-state index < -0.39 is 0 Å². The van der Waals surface area contributed by atoms with E-state index in [1.54, 1.807) is 4.90 Å². The van der Waals surface area contributed by atoms with Crippen LogP contribution in [-0.2, 0) is 4.79 Å². The van der Waals surface area contributed by atoms with Crippen molar-refractivity contribution < 1.29 is 9.53 Å². The Bertz CT molecular complexity index is 1170. The van der Waals surface area contributed by atoms with Gasteiger partial charge in [0, 0.05) is 12.1 Å². The summed E-state index contributed by atoms with van der Waals surface area (Å²) in [5, 5.41) is 2.90. The molecule has 0 unspecified atom stereocenters. The normalized spacial score (nSPS) is 16.6. The van der Waals surface area contributed by atoms with Crippen LogP contribution in [-0.4, -0.2) is 29.1 Å². The van der Waals surface area contributed by atoms with Crippen LogP contribution in [0.4, 0.5) is 5.69 Å². The highest BCUT2D eigenvalue weighted by Gasteiger charge is 2.32. The first-order valence-electron chi connectivity index (χ1n) is 10.6. The summed E-state index contributed by atoms with van der Waals surface area (Å²) in [7, 11) is 0. The Morgan fingerprint density at radius 2 is 1.81 bits per heavy atom. The largest absolute Gasteiger partial charge is 0.493 e. The third-order valence-electron chi connectivity index (χ3n) is 5.13. The number of ether oxygens (including phenoxy) is 1. The molecule has 4 rings (SSSR count). The van der Waals surface area contributed by atoms with E-state index in [0.717, 1.165) is 34.2 Å². The molecule has 1 fully saturated rings. The van der Waals surface area contributed by atoms with Gasteiger partial charge in [0.2, 0.25) is 0 Å². The fourth-order valence-corrected chi connectivity index (χ4v) is 4.54. The Morgan fingerprint density at radius 1 is 1.03 bits per heavy atom. The van der Waals surface area contributed by atoms with Gasteiger partial charge in [0.25, 0.3) is 5.91 Å². The molecular formula is C26H26N2O2S. The maximum atomic E-state index is 13.2. The Morgan fingerprint density at radius 3 is 2.55 bits per heavy atom. The molecule has 4 nitrogen and oxygen atoms in total. The first kappa shape index (κ1) is 21.2. The average molecular weight is 431 g/mol. The number of amides is 1. The zero-order valence-corrected chi connectivity index (χ0v) is 18.9. The lowest BCUT2D eigenvalue weighted by atomic mass is 10.0. The number of amidine groups is 1. The number of rotatable bonds is 6. The predicted octanol–water partition coefficient (Wildman–Crippen LogP) is 6.56. The van der Waals surface area contributed by atoms with Gasteiger partial charge in [-0.1, -0.05) is 55.0 Å². The van der Waals surface area contributed by atoms with Crippen LogP contribution in [0.1, 0.15) is 31.4 Å². The second kappa shape index (κ2) is 9.40. The monoisotopic (exact) mass is 430 g/mol. The molecule has 0 saturated carbocycles. The molecule has 0 aliphatic carbocycles. The van der Waals surface area contributed by atoms with E-state index in [4.69, 9.17) is 9.73 Å². The number of benzene rings is 3. The fourth-order valence-electron chi connectivity index (χ4n) is 3.49. The maximum Gasteiger partial charge on any atom is 0.266 e. The van der Waals surface area contributed by atoms with Crippen LogP contribution in [0.2, 0.25) is 0 Å². The molecule has 0 aromatic heterocycles. The van der Waals surface area contributed by atoms with Gasteiger partial charge in [0.05, 0.1) is 17.2 Å². The third-order valence-corrected chi connectivity index (χ3v) is 6.14. The van der Waals surface area contributed by atoms with Crippen LogP contribution in [0.25, 0.3) is 16.8 Å². The van der Waals surface area contributed by atoms with E-state index in [2.05, 4.69) is 25.1 Å². The summed E-state index contributed by atoms with van der Waals surface area (Å²) in [5.74, 6) is 0.779. The number of aryl methyl sites for hydroxylation is 1.